The monoisotopic (exact) mass is 390 g/mol. The highest BCUT2D eigenvalue weighted by Crippen LogP contribution is 2.29. The number of nitrogens with one attached hydrogen (secondary N) is 1. The van der Waals surface area contributed by atoms with Gasteiger partial charge >= 0.3 is 6.18 Å². The zero-order chi connectivity index (χ0) is 18.7. The number of halogens is 3. The molecule has 0 atom stereocenters. The van der Waals surface area contributed by atoms with E-state index in [2.05, 4.69) is 10.3 Å². The summed E-state index contributed by atoms with van der Waals surface area (Å²) in [7, 11) is -3.31. The van der Waals surface area contributed by atoms with Gasteiger partial charge in [-0.1, -0.05) is 11.8 Å². The summed E-state index contributed by atoms with van der Waals surface area (Å²) in [4.78, 5) is 15.6. The van der Waals surface area contributed by atoms with Gasteiger partial charge in [-0.2, -0.15) is 13.2 Å². The third kappa shape index (κ3) is 5.75. The lowest BCUT2D eigenvalue weighted by atomic mass is 10.3. The van der Waals surface area contributed by atoms with Gasteiger partial charge in [-0.15, -0.1) is 0 Å². The number of hydrogen-bond acceptors (Lipinski definition) is 5. The molecule has 0 fully saturated rings. The standard InChI is InChI=1S/C15H13F3N2O3S2/c1-25(22,23)12-5-3-11(4-6-12)20-13(21)9-24-14-7-2-10(8-19-14)15(16,17)18/h2-8H,9H2,1H3,(H,20,21). The number of carbonyl (C=O) groups excluding carboxylic acids is 1. The molecular weight excluding hydrogens is 377 g/mol. The molecule has 10 heteroatoms. The van der Waals surface area contributed by atoms with Gasteiger partial charge in [0.25, 0.3) is 0 Å². The van der Waals surface area contributed by atoms with E-state index in [1.54, 1.807) is 0 Å². The zero-order valence-corrected chi connectivity index (χ0v) is 14.5. The first-order valence-electron chi connectivity index (χ1n) is 6.82. The first-order chi connectivity index (χ1) is 11.6. The molecule has 0 unspecified atom stereocenters. The van der Waals surface area contributed by atoms with Crippen LogP contribution >= 0.6 is 11.8 Å². The lowest BCUT2D eigenvalue weighted by molar-refractivity contribution is -0.137. The maximum atomic E-state index is 12.4. The summed E-state index contributed by atoms with van der Waals surface area (Å²) in [5.41, 5.74) is -0.439. The summed E-state index contributed by atoms with van der Waals surface area (Å²) in [5.74, 6) is -0.439. The quantitative estimate of drug-likeness (QED) is 0.794. The largest absolute Gasteiger partial charge is 0.417 e. The van der Waals surface area contributed by atoms with Gasteiger partial charge in [0.15, 0.2) is 9.84 Å². The number of amides is 1. The Hall–Kier alpha value is -2.07. The van der Waals surface area contributed by atoms with Crippen molar-refractivity contribution < 1.29 is 26.4 Å². The van der Waals surface area contributed by atoms with Crippen molar-refractivity contribution in [2.45, 2.75) is 16.1 Å². The molecule has 0 radical (unpaired) electrons. The molecular formula is C15H13F3N2O3S2. The van der Waals surface area contributed by atoms with E-state index < -0.39 is 21.6 Å². The average Bonchev–Trinajstić information content (AvgIpc) is 2.52. The van der Waals surface area contributed by atoms with Crippen LogP contribution in [0.2, 0.25) is 0 Å². The minimum absolute atomic E-state index is 0.0494. The van der Waals surface area contributed by atoms with Gasteiger partial charge in [0.1, 0.15) is 0 Å². The van der Waals surface area contributed by atoms with E-state index in [9.17, 15) is 26.4 Å². The second-order valence-corrected chi connectivity index (χ2v) is 8.03. The molecule has 0 bridgehead atoms. The molecule has 1 heterocycles. The highest BCUT2D eigenvalue weighted by Gasteiger charge is 2.30. The topological polar surface area (TPSA) is 76.1 Å². The van der Waals surface area contributed by atoms with Crippen molar-refractivity contribution in [2.75, 3.05) is 17.3 Å². The van der Waals surface area contributed by atoms with Crippen molar-refractivity contribution in [1.29, 1.82) is 0 Å². The lowest BCUT2D eigenvalue weighted by Crippen LogP contribution is -2.14. The number of carbonyl (C=O) groups is 1. The van der Waals surface area contributed by atoms with Gasteiger partial charge in [-0.3, -0.25) is 4.79 Å². The molecule has 0 spiro atoms. The molecule has 0 saturated heterocycles. The first-order valence-corrected chi connectivity index (χ1v) is 9.69. The lowest BCUT2D eigenvalue weighted by Gasteiger charge is -2.07. The van der Waals surface area contributed by atoms with Crippen LogP contribution in [-0.2, 0) is 20.8 Å². The molecule has 25 heavy (non-hydrogen) atoms. The van der Waals surface area contributed by atoms with Gasteiger partial charge in [-0.05, 0) is 36.4 Å². The van der Waals surface area contributed by atoms with Crippen LogP contribution in [0.4, 0.5) is 18.9 Å². The van der Waals surface area contributed by atoms with Crippen LogP contribution in [0, 0.1) is 0 Å². The van der Waals surface area contributed by atoms with Crippen molar-refractivity contribution in [3.05, 3.63) is 48.2 Å². The van der Waals surface area contributed by atoms with E-state index in [0.717, 1.165) is 24.1 Å². The van der Waals surface area contributed by atoms with Gasteiger partial charge in [0, 0.05) is 18.1 Å². The molecule has 1 aromatic heterocycles. The Morgan fingerprint density at radius 1 is 1.16 bits per heavy atom. The Morgan fingerprint density at radius 2 is 1.80 bits per heavy atom. The Morgan fingerprint density at radius 3 is 2.28 bits per heavy atom. The fraction of sp³-hybridized carbons (Fsp3) is 0.200. The summed E-state index contributed by atoms with van der Waals surface area (Å²) in [6.45, 7) is 0. The van der Waals surface area contributed by atoms with Crippen LogP contribution < -0.4 is 5.32 Å². The predicted octanol–water partition coefficient (Wildman–Crippen LogP) is 3.23. The van der Waals surface area contributed by atoms with E-state index in [4.69, 9.17) is 0 Å². The van der Waals surface area contributed by atoms with E-state index in [0.29, 0.717) is 11.9 Å². The van der Waals surface area contributed by atoms with Crippen LogP contribution in [0.3, 0.4) is 0 Å². The van der Waals surface area contributed by atoms with E-state index in [1.165, 1.54) is 30.3 Å². The minimum atomic E-state index is -4.45. The molecule has 5 nitrogen and oxygen atoms in total. The highest BCUT2D eigenvalue weighted by atomic mass is 32.2. The number of alkyl halides is 3. The van der Waals surface area contributed by atoms with Gasteiger partial charge in [0.2, 0.25) is 5.91 Å². The number of nitrogens with zero attached hydrogens (tertiary/aromatic N) is 1. The second kappa shape index (κ2) is 7.44. The zero-order valence-electron chi connectivity index (χ0n) is 12.9. The number of sulfone groups is 1. The molecule has 0 aliphatic heterocycles. The number of benzene rings is 1. The molecule has 0 aliphatic rings. The Labute approximate surface area is 146 Å². The smallest absolute Gasteiger partial charge is 0.325 e. The summed E-state index contributed by atoms with van der Waals surface area (Å²) < 4.78 is 60.0. The molecule has 0 saturated carbocycles. The van der Waals surface area contributed by atoms with Crippen molar-refractivity contribution in [1.82, 2.24) is 4.98 Å². The van der Waals surface area contributed by atoms with Crippen molar-refractivity contribution in [3.8, 4) is 0 Å². The van der Waals surface area contributed by atoms with Gasteiger partial charge < -0.3 is 5.32 Å². The van der Waals surface area contributed by atoms with Gasteiger partial charge in [0.05, 0.1) is 21.2 Å². The molecule has 2 aromatic rings. The normalized spacial score (nSPS) is 12.0. The number of thioether (sulfide) groups is 1. The van der Waals surface area contributed by atoms with Crippen LogP contribution in [0.5, 0.6) is 0 Å². The number of pyridine rings is 1. The summed E-state index contributed by atoms with van der Waals surface area (Å²) in [6, 6.07) is 7.74. The SMILES string of the molecule is CS(=O)(=O)c1ccc(NC(=O)CSc2ccc(C(F)(F)F)cn2)cc1. The van der Waals surface area contributed by atoms with Crippen LogP contribution in [0.1, 0.15) is 5.56 Å². The summed E-state index contributed by atoms with van der Waals surface area (Å²) in [6.07, 6.45) is -2.66. The molecule has 1 amide bonds. The summed E-state index contributed by atoms with van der Waals surface area (Å²) in [5, 5.41) is 2.85. The Bertz CT molecular complexity index is 849. The van der Waals surface area contributed by atoms with Crippen molar-refractivity contribution >= 4 is 33.2 Å². The second-order valence-electron chi connectivity index (χ2n) is 5.02. The minimum Gasteiger partial charge on any atom is -0.325 e. The van der Waals surface area contributed by atoms with E-state index >= 15 is 0 Å². The molecule has 1 aromatic carbocycles. The van der Waals surface area contributed by atoms with E-state index in [-0.39, 0.29) is 21.6 Å². The molecule has 2 rings (SSSR count). The number of hydrogen-bond donors (Lipinski definition) is 1. The van der Waals surface area contributed by atoms with Gasteiger partial charge in [-0.25, -0.2) is 13.4 Å². The van der Waals surface area contributed by atoms with Crippen molar-refractivity contribution in [3.63, 3.8) is 0 Å². The molecule has 1 N–H and O–H groups in total. The van der Waals surface area contributed by atoms with Crippen LogP contribution in [0.15, 0.2) is 52.5 Å². The Kier molecular flexibility index (Phi) is 5.73. The average molecular weight is 390 g/mol. The maximum Gasteiger partial charge on any atom is 0.417 e. The number of rotatable bonds is 5. The third-order valence-electron chi connectivity index (χ3n) is 2.98. The number of aromatic nitrogens is 1. The third-order valence-corrected chi connectivity index (χ3v) is 5.05. The maximum absolute atomic E-state index is 12.4. The van der Waals surface area contributed by atoms with Crippen LogP contribution in [0.25, 0.3) is 0 Å². The Balaban J connectivity index is 1.90. The summed E-state index contributed by atoms with van der Waals surface area (Å²) >= 11 is 0.988. The van der Waals surface area contributed by atoms with E-state index in [1.807, 2.05) is 0 Å². The molecule has 0 aliphatic carbocycles. The molecule has 134 valence electrons. The van der Waals surface area contributed by atoms with Crippen molar-refractivity contribution in [2.24, 2.45) is 0 Å². The highest BCUT2D eigenvalue weighted by molar-refractivity contribution is 7.99. The first kappa shape index (κ1) is 19.3. The van der Waals surface area contributed by atoms with Crippen LogP contribution in [-0.4, -0.2) is 31.3 Å². The predicted molar refractivity (Wildman–Crippen MR) is 88.1 cm³/mol. The number of anilines is 1. The fourth-order valence-corrected chi connectivity index (χ4v) is 3.03. The fourth-order valence-electron chi connectivity index (χ4n) is 1.76.